The molecule has 30 heavy (non-hydrogen) atoms. The van der Waals surface area contributed by atoms with Crippen LogP contribution >= 0.6 is 23.2 Å². The number of carbonyl (C=O) groups is 2. The number of amides is 1. The number of ether oxygens (including phenoxy) is 3. The van der Waals surface area contributed by atoms with E-state index in [-0.39, 0.29) is 23.3 Å². The summed E-state index contributed by atoms with van der Waals surface area (Å²) in [5.41, 5.74) is 1.53. The van der Waals surface area contributed by atoms with Gasteiger partial charge in [0.2, 0.25) is 5.91 Å². The number of rotatable bonds is 11. The van der Waals surface area contributed by atoms with Crippen LogP contribution in [0.4, 0.5) is 5.69 Å². The van der Waals surface area contributed by atoms with Gasteiger partial charge >= 0.3 is 0 Å². The molecular weight excluding hydrogens is 429 g/mol. The van der Waals surface area contributed by atoms with E-state index in [4.69, 9.17) is 37.4 Å². The predicted molar refractivity (Wildman–Crippen MR) is 119 cm³/mol. The summed E-state index contributed by atoms with van der Waals surface area (Å²) in [4.78, 5) is 24.2. The van der Waals surface area contributed by atoms with Crippen molar-refractivity contribution in [1.82, 2.24) is 0 Å². The Morgan fingerprint density at radius 2 is 1.67 bits per heavy atom. The second kappa shape index (κ2) is 11.7. The summed E-state index contributed by atoms with van der Waals surface area (Å²) >= 11 is 12.0. The van der Waals surface area contributed by atoms with Gasteiger partial charge in [0.1, 0.15) is 23.9 Å². The first-order chi connectivity index (χ1) is 14.4. The zero-order chi connectivity index (χ0) is 22.1. The molecule has 0 saturated heterocycles. The van der Waals surface area contributed by atoms with Gasteiger partial charge in [-0.05, 0) is 36.6 Å². The van der Waals surface area contributed by atoms with Crippen LogP contribution in [0.5, 0.6) is 17.2 Å². The number of alkyl halides is 1. The van der Waals surface area contributed by atoms with E-state index in [1.54, 1.807) is 26.4 Å². The van der Waals surface area contributed by atoms with Crippen LogP contribution in [0.1, 0.15) is 42.1 Å². The third-order valence-electron chi connectivity index (χ3n) is 4.27. The van der Waals surface area contributed by atoms with E-state index in [2.05, 4.69) is 5.32 Å². The highest BCUT2D eigenvalue weighted by molar-refractivity contribution is 6.34. The standard InChI is InChI=1S/C22H25Cl2NO5/c1-14(26)25-20-12-22(18(11-19(20)24)21(27)6-4-5-7-23)30-13-15-8-16(28-2)10-17(9-15)29-3/h8-12H,4-7,13H2,1-3H3,(H,25,26). The van der Waals surface area contributed by atoms with E-state index in [1.807, 2.05) is 12.1 Å². The third-order valence-corrected chi connectivity index (χ3v) is 4.85. The largest absolute Gasteiger partial charge is 0.497 e. The molecule has 2 rings (SSSR count). The predicted octanol–water partition coefficient (Wildman–Crippen LogP) is 5.49. The number of methoxy groups -OCH3 is 2. The van der Waals surface area contributed by atoms with Crippen molar-refractivity contribution in [3.05, 3.63) is 46.5 Å². The monoisotopic (exact) mass is 453 g/mol. The van der Waals surface area contributed by atoms with Gasteiger partial charge in [0.05, 0.1) is 30.5 Å². The average Bonchev–Trinajstić information content (AvgIpc) is 2.73. The molecule has 2 aromatic carbocycles. The van der Waals surface area contributed by atoms with Gasteiger partial charge in [0, 0.05) is 31.4 Å². The van der Waals surface area contributed by atoms with E-state index < -0.39 is 0 Å². The Hall–Kier alpha value is -2.44. The van der Waals surface area contributed by atoms with Gasteiger partial charge in [-0.25, -0.2) is 0 Å². The lowest BCUT2D eigenvalue weighted by molar-refractivity contribution is -0.114. The minimum atomic E-state index is -0.276. The van der Waals surface area contributed by atoms with E-state index >= 15 is 0 Å². The molecule has 0 bridgehead atoms. The topological polar surface area (TPSA) is 73.9 Å². The van der Waals surface area contributed by atoms with Crippen molar-refractivity contribution in [3.63, 3.8) is 0 Å². The normalized spacial score (nSPS) is 10.4. The Kier molecular flexibility index (Phi) is 9.27. The van der Waals surface area contributed by atoms with Crippen molar-refractivity contribution in [1.29, 1.82) is 0 Å². The van der Waals surface area contributed by atoms with Gasteiger partial charge in [-0.15, -0.1) is 11.6 Å². The van der Waals surface area contributed by atoms with Gasteiger partial charge in [0.25, 0.3) is 0 Å². The second-order valence-electron chi connectivity index (χ2n) is 6.59. The number of Topliss-reactive ketones (excluding diaryl/α,β-unsaturated/α-hetero) is 1. The molecule has 0 aromatic heterocycles. The third kappa shape index (κ3) is 6.82. The Balaban J connectivity index is 2.32. The number of anilines is 1. The van der Waals surface area contributed by atoms with Crippen molar-refractivity contribution >= 4 is 40.6 Å². The first kappa shape index (κ1) is 23.8. The number of ketones is 1. The van der Waals surface area contributed by atoms with Crippen molar-refractivity contribution in [3.8, 4) is 17.2 Å². The average molecular weight is 454 g/mol. The quantitative estimate of drug-likeness (QED) is 0.276. The fourth-order valence-corrected chi connectivity index (χ4v) is 3.20. The van der Waals surface area contributed by atoms with Gasteiger partial charge in [-0.3, -0.25) is 9.59 Å². The number of halogens is 2. The molecule has 1 amide bonds. The Morgan fingerprint density at radius 1 is 1.00 bits per heavy atom. The second-order valence-corrected chi connectivity index (χ2v) is 7.37. The molecule has 0 atom stereocenters. The fraction of sp³-hybridized carbons (Fsp3) is 0.364. The van der Waals surface area contributed by atoms with Gasteiger partial charge in [-0.2, -0.15) is 0 Å². The molecule has 0 aliphatic rings. The molecule has 162 valence electrons. The van der Waals surface area contributed by atoms with E-state index in [9.17, 15) is 9.59 Å². The lowest BCUT2D eigenvalue weighted by Crippen LogP contribution is -2.10. The van der Waals surface area contributed by atoms with Crippen molar-refractivity contribution in [2.45, 2.75) is 32.8 Å². The number of unbranched alkanes of at least 4 members (excludes halogenated alkanes) is 1. The molecule has 0 heterocycles. The lowest BCUT2D eigenvalue weighted by Gasteiger charge is -2.15. The minimum Gasteiger partial charge on any atom is -0.497 e. The van der Waals surface area contributed by atoms with Crippen molar-refractivity contribution in [2.75, 3.05) is 25.4 Å². The maximum atomic E-state index is 12.7. The highest BCUT2D eigenvalue weighted by Crippen LogP contribution is 2.33. The number of carbonyl (C=O) groups excluding carboxylic acids is 2. The Labute approximate surface area is 186 Å². The number of hydrogen-bond acceptors (Lipinski definition) is 5. The van der Waals surface area contributed by atoms with Crippen molar-refractivity contribution < 1.29 is 23.8 Å². The molecule has 0 saturated carbocycles. The van der Waals surface area contributed by atoms with Crippen molar-refractivity contribution in [2.24, 2.45) is 0 Å². The highest BCUT2D eigenvalue weighted by Gasteiger charge is 2.17. The van der Waals surface area contributed by atoms with E-state index in [1.165, 1.54) is 13.0 Å². The number of hydrogen-bond donors (Lipinski definition) is 1. The summed E-state index contributed by atoms with van der Waals surface area (Å²) in [6.45, 7) is 1.54. The molecular formula is C22H25Cl2NO5. The van der Waals surface area contributed by atoms with Crippen LogP contribution in [0.3, 0.4) is 0 Å². The fourth-order valence-electron chi connectivity index (χ4n) is 2.80. The number of benzene rings is 2. The van der Waals surface area contributed by atoms with E-state index in [0.717, 1.165) is 12.0 Å². The molecule has 2 aromatic rings. The van der Waals surface area contributed by atoms with Gasteiger partial charge < -0.3 is 19.5 Å². The molecule has 0 spiro atoms. The van der Waals surface area contributed by atoms with Gasteiger partial charge in [-0.1, -0.05) is 11.6 Å². The van der Waals surface area contributed by atoms with Crippen LogP contribution in [0.25, 0.3) is 0 Å². The maximum absolute atomic E-state index is 12.7. The molecule has 0 aliphatic carbocycles. The molecule has 0 unspecified atom stereocenters. The van der Waals surface area contributed by atoms with Crippen LogP contribution < -0.4 is 19.5 Å². The summed E-state index contributed by atoms with van der Waals surface area (Å²) in [5, 5.41) is 2.91. The molecule has 0 fully saturated rings. The Bertz CT molecular complexity index is 879. The number of nitrogens with one attached hydrogen (secondary N) is 1. The zero-order valence-corrected chi connectivity index (χ0v) is 18.7. The van der Waals surface area contributed by atoms with Crippen LogP contribution in [-0.4, -0.2) is 31.8 Å². The van der Waals surface area contributed by atoms with Crippen LogP contribution in [0.2, 0.25) is 5.02 Å². The smallest absolute Gasteiger partial charge is 0.221 e. The zero-order valence-electron chi connectivity index (χ0n) is 17.2. The molecule has 8 heteroatoms. The Morgan fingerprint density at radius 3 is 2.23 bits per heavy atom. The van der Waals surface area contributed by atoms with Crippen LogP contribution in [0.15, 0.2) is 30.3 Å². The molecule has 0 radical (unpaired) electrons. The maximum Gasteiger partial charge on any atom is 0.221 e. The molecule has 6 nitrogen and oxygen atoms in total. The highest BCUT2D eigenvalue weighted by atomic mass is 35.5. The van der Waals surface area contributed by atoms with E-state index in [0.29, 0.717) is 47.2 Å². The molecule has 0 aliphatic heterocycles. The molecule has 1 N–H and O–H groups in total. The summed E-state index contributed by atoms with van der Waals surface area (Å²) in [6, 6.07) is 8.48. The summed E-state index contributed by atoms with van der Waals surface area (Å²) in [7, 11) is 3.13. The van der Waals surface area contributed by atoms with Gasteiger partial charge in [0.15, 0.2) is 5.78 Å². The summed E-state index contributed by atoms with van der Waals surface area (Å²) < 4.78 is 16.5. The first-order valence-electron chi connectivity index (χ1n) is 9.43. The first-order valence-corrected chi connectivity index (χ1v) is 10.3. The lowest BCUT2D eigenvalue weighted by atomic mass is 10.0. The summed E-state index contributed by atoms with van der Waals surface area (Å²) in [5.74, 6) is 1.70. The summed E-state index contributed by atoms with van der Waals surface area (Å²) in [6.07, 6.45) is 1.73. The SMILES string of the molecule is COc1cc(COc2cc(NC(C)=O)c(Cl)cc2C(=O)CCCCCl)cc(OC)c1. The minimum absolute atomic E-state index is 0.102. The van der Waals surface area contributed by atoms with Crippen LogP contribution in [-0.2, 0) is 11.4 Å². The van der Waals surface area contributed by atoms with Crippen LogP contribution in [0, 0.1) is 0 Å².